The summed E-state index contributed by atoms with van der Waals surface area (Å²) < 4.78 is 13.3. The number of ether oxygens (including phenoxy) is 2. The fourth-order valence-corrected chi connectivity index (χ4v) is 3.94. The molecule has 0 saturated heterocycles. The molecule has 1 aromatic heterocycles. The van der Waals surface area contributed by atoms with Crippen LogP contribution in [0.2, 0.25) is 0 Å². The van der Waals surface area contributed by atoms with Crippen LogP contribution in [-0.2, 0) is 0 Å². The molecule has 0 aliphatic carbocycles. The molecule has 0 radical (unpaired) electrons. The maximum Gasteiger partial charge on any atom is 0.269 e. The Morgan fingerprint density at radius 1 is 1.04 bits per heavy atom. The number of nitro benzene ring substituents is 1. The maximum absolute atomic E-state index is 13.1. The first-order valence-electron chi connectivity index (χ1n) is 9.00. The van der Waals surface area contributed by atoms with Crippen molar-refractivity contribution in [2.24, 2.45) is 0 Å². The first-order valence-corrected chi connectivity index (χ1v) is 9.00. The lowest BCUT2D eigenvalue weighted by Gasteiger charge is -2.21. The highest BCUT2D eigenvalue weighted by Gasteiger charge is 2.31. The fourth-order valence-electron chi connectivity index (χ4n) is 3.94. The molecule has 28 heavy (non-hydrogen) atoms. The normalized spacial score (nSPS) is 17.4. The van der Waals surface area contributed by atoms with Gasteiger partial charge in [0.1, 0.15) is 13.2 Å². The van der Waals surface area contributed by atoms with Crippen LogP contribution in [0.4, 0.5) is 5.69 Å². The Balaban J connectivity index is 1.67. The van der Waals surface area contributed by atoms with Crippen LogP contribution < -0.4 is 9.47 Å². The molecule has 2 aromatic carbocycles. The van der Waals surface area contributed by atoms with Crippen molar-refractivity contribution in [1.82, 2.24) is 4.57 Å². The van der Waals surface area contributed by atoms with Crippen LogP contribution in [0.1, 0.15) is 34.0 Å². The summed E-state index contributed by atoms with van der Waals surface area (Å²) in [5, 5.41) is 11.2. The smallest absolute Gasteiger partial charge is 0.269 e. The summed E-state index contributed by atoms with van der Waals surface area (Å²) in [5.41, 5.74) is 2.97. The van der Waals surface area contributed by atoms with Crippen molar-refractivity contribution in [3.8, 4) is 17.2 Å². The third-order valence-electron chi connectivity index (χ3n) is 5.23. The van der Waals surface area contributed by atoms with E-state index in [-0.39, 0.29) is 23.8 Å². The summed E-state index contributed by atoms with van der Waals surface area (Å²) in [4.78, 5) is 23.9. The van der Waals surface area contributed by atoms with E-state index in [2.05, 4.69) is 0 Å². The van der Waals surface area contributed by atoms with E-state index in [1.165, 1.54) is 6.07 Å². The predicted molar refractivity (Wildman–Crippen MR) is 101 cm³/mol. The van der Waals surface area contributed by atoms with Gasteiger partial charge in [-0.15, -0.1) is 0 Å². The second-order valence-corrected chi connectivity index (χ2v) is 6.85. The van der Waals surface area contributed by atoms with Gasteiger partial charge < -0.3 is 14.0 Å². The zero-order chi connectivity index (χ0) is 19.3. The Bertz CT molecular complexity index is 1120. The van der Waals surface area contributed by atoms with E-state index in [1.54, 1.807) is 18.2 Å². The monoisotopic (exact) mass is 376 g/mol. The van der Waals surface area contributed by atoms with Gasteiger partial charge >= 0.3 is 0 Å². The van der Waals surface area contributed by atoms with Gasteiger partial charge in [-0.25, -0.2) is 0 Å². The molecule has 0 amide bonds. The summed E-state index contributed by atoms with van der Waals surface area (Å²) in [6, 6.07) is 13.9. The van der Waals surface area contributed by atoms with Gasteiger partial charge in [0.2, 0.25) is 0 Å². The zero-order valence-electron chi connectivity index (χ0n) is 14.8. The van der Waals surface area contributed by atoms with E-state index >= 15 is 0 Å². The molecule has 3 heterocycles. The highest BCUT2D eigenvalue weighted by atomic mass is 16.6. The number of rotatable bonds is 2. The third kappa shape index (κ3) is 2.55. The number of nitro groups is 1. The molecule has 2 aliphatic heterocycles. The van der Waals surface area contributed by atoms with Gasteiger partial charge in [0.25, 0.3) is 5.69 Å². The van der Waals surface area contributed by atoms with Crippen LogP contribution >= 0.6 is 0 Å². The Morgan fingerprint density at radius 2 is 1.82 bits per heavy atom. The zero-order valence-corrected chi connectivity index (χ0v) is 14.8. The number of hydrogen-bond acceptors (Lipinski definition) is 5. The number of carbonyl (C=O) groups is 1. The van der Waals surface area contributed by atoms with Crippen molar-refractivity contribution in [2.75, 3.05) is 13.2 Å². The quantitative estimate of drug-likeness (QED) is 0.501. The molecule has 0 bridgehead atoms. The van der Waals surface area contributed by atoms with Crippen molar-refractivity contribution in [2.45, 2.75) is 12.3 Å². The lowest BCUT2D eigenvalue weighted by molar-refractivity contribution is -0.384. The molecule has 7 nitrogen and oxygen atoms in total. The molecule has 0 spiro atoms. The van der Waals surface area contributed by atoms with Gasteiger partial charge in [0.15, 0.2) is 17.3 Å². The Kier molecular flexibility index (Phi) is 3.68. The average molecular weight is 376 g/mol. The van der Waals surface area contributed by atoms with Gasteiger partial charge in [-0.3, -0.25) is 14.9 Å². The number of fused-ring (bicyclic) bond motifs is 4. The standard InChI is InChI=1S/C21H16N2O5/c24-19-10-15(13-3-1-4-14(9-13)23(25)26)17-5-2-6-22(17)18-12-21-20(11-16(18)19)27-7-8-28-21/h1-6,9,11-12,15H,7-8,10H2/t15-/m1/s1. The van der Waals surface area contributed by atoms with Crippen LogP contribution in [0, 0.1) is 10.1 Å². The van der Waals surface area contributed by atoms with Crippen LogP contribution in [-0.4, -0.2) is 28.5 Å². The number of hydrogen-bond donors (Lipinski definition) is 0. The molecule has 2 aliphatic rings. The first-order chi connectivity index (χ1) is 13.6. The van der Waals surface area contributed by atoms with Crippen LogP contribution in [0.15, 0.2) is 54.7 Å². The number of non-ortho nitro benzene ring substituents is 1. The molecular weight excluding hydrogens is 360 g/mol. The second kappa shape index (κ2) is 6.23. The van der Waals surface area contributed by atoms with Gasteiger partial charge in [0.05, 0.1) is 10.6 Å². The van der Waals surface area contributed by atoms with Crippen molar-refractivity contribution in [3.63, 3.8) is 0 Å². The lowest BCUT2D eigenvalue weighted by Crippen LogP contribution is -2.16. The van der Waals surface area contributed by atoms with Crippen LogP contribution in [0.5, 0.6) is 11.5 Å². The van der Waals surface area contributed by atoms with E-state index in [0.29, 0.717) is 30.3 Å². The average Bonchev–Trinajstić information content (AvgIpc) is 3.16. The summed E-state index contributed by atoms with van der Waals surface area (Å²) in [7, 11) is 0. The molecular formula is C21H16N2O5. The van der Waals surface area contributed by atoms with E-state index in [9.17, 15) is 14.9 Å². The highest BCUT2D eigenvalue weighted by molar-refractivity contribution is 6.01. The molecule has 0 N–H and O–H groups in total. The molecule has 5 rings (SSSR count). The molecule has 7 heteroatoms. The Hall–Kier alpha value is -3.61. The topological polar surface area (TPSA) is 83.6 Å². The molecule has 0 fully saturated rings. The highest BCUT2D eigenvalue weighted by Crippen LogP contribution is 2.41. The lowest BCUT2D eigenvalue weighted by atomic mass is 9.89. The second-order valence-electron chi connectivity index (χ2n) is 6.85. The van der Waals surface area contributed by atoms with Crippen molar-refractivity contribution in [3.05, 3.63) is 81.7 Å². The molecule has 1 atom stereocenters. The van der Waals surface area contributed by atoms with Crippen molar-refractivity contribution >= 4 is 11.5 Å². The minimum atomic E-state index is -0.418. The van der Waals surface area contributed by atoms with Crippen LogP contribution in [0.3, 0.4) is 0 Å². The first kappa shape index (κ1) is 16.6. The van der Waals surface area contributed by atoms with Gasteiger partial charge in [-0.2, -0.15) is 0 Å². The van der Waals surface area contributed by atoms with Crippen molar-refractivity contribution < 1.29 is 19.2 Å². The summed E-state index contributed by atoms with van der Waals surface area (Å²) in [5.74, 6) is 0.868. The minimum Gasteiger partial charge on any atom is -0.486 e. The SMILES string of the molecule is O=C1C[C@H](c2cccc([N+](=O)[O-])c2)c2cccn2-c2cc3c(cc21)OCCO3. The number of aromatic nitrogens is 1. The summed E-state index contributed by atoms with van der Waals surface area (Å²) in [6.07, 6.45) is 2.12. The summed E-state index contributed by atoms with van der Waals surface area (Å²) in [6.45, 7) is 0.916. The van der Waals surface area contributed by atoms with E-state index < -0.39 is 4.92 Å². The predicted octanol–water partition coefficient (Wildman–Crippen LogP) is 3.88. The van der Waals surface area contributed by atoms with Gasteiger partial charge in [0, 0.05) is 48.0 Å². The van der Waals surface area contributed by atoms with Gasteiger partial charge in [-0.05, 0) is 23.8 Å². The minimum absolute atomic E-state index is 0.0158. The Morgan fingerprint density at radius 3 is 2.61 bits per heavy atom. The molecule has 0 saturated carbocycles. The number of nitrogens with zero attached hydrogens (tertiary/aromatic N) is 2. The third-order valence-corrected chi connectivity index (χ3v) is 5.23. The van der Waals surface area contributed by atoms with E-state index in [1.807, 2.05) is 35.0 Å². The van der Waals surface area contributed by atoms with E-state index in [4.69, 9.17) is 9.47 Å². The molecule has 0 unspecified atom stereocenters. The fraction of sp³-hybridized carbons (Fsp3) is 0.190. The largest absolute Gasteiger partial charge is 0.486 e. The van der Waals surface area contributed by atoms with Gasteiger partial charge in [-0.1, -0.05) is 12.1 Å². The molecule has 3 aromatic rings. The van der Waals surface area contributed by atoms with Crippen molar-refractivity contribution in [1.29, 1.82) is 0 Å². The van der Waals surface area contributed by atoms with E-state index in [0.717, 1.165) is 16.9 Å². The summed E-state index contributed by atoms with van der Waals surface area (Å²) >= 11 is 0. The number of ketones is 1. The molecule has 140 valence electrons. The number of benzene rings is 2. The Labute approximate surface area is 160 Å². The maximum atomic E-state index is 13.1. The van der Waals surface area contributed by atoms with Crippen LogP contribution in [0.25, 0.3) is 5.69 Å². The number of carbonyl (C=O) groups excluding carboxylic acids is 1. The number of Topliss-reactive ketones (excluding diaryl/α,β-unsaturated/α-hetero) is 1.